The summed E-state index contributed by atoms with van der Waals surface area (Å²) in [6.45, 7) is 4.83. The lowest BCUT2D eigenvalue weighted by Crippen LogP contribution is -2.47. The van der Waals surface area contributed by atoms with E-state index in [0.717, 1.165) is 73.5 Å². The molecule has 2 unspecified atom stereocenters. The van der Waals surface area contributed by atoms with Crippen LogP contribution in [0.15, 0.2) is 39.9 Å². The molecule has 1 saturated carbocycles. The van der Waals surface area contributed by atoms with E-state index in [1.54, 1.807) is 0 Å². The third kappa shape index (κ3) is 3.47. The van der Waals surface area contributed by atoms with Gasteiger partial charge < -0.3 is 26.9 Å². The lowest BCUT2D eigenvalue weighted by Gasteiger charge is -2.26. The fourth-order valence-corrected chi connectivity index (χ4v) is 7.62. The lowest BCUT2D eigenvalue weighted by molar-refractivity contribution is -0.586. The molecular formula is C27H28ClN7O2S. The summed E-state index contributed by atoms with van der Waals surface area (Å²) < 4.78 is 1.08. The Bertz CT molecular complexity index is 1560. The van der Waals surface area contributed by atoms with Crippen molar-refractivity contribution < 1.29 is 9.52 Å². The van der Waals surface area contributed by atoms with Crippen LogP contribution in [0.1, 0.15) is 35.9 Å². The standard InChI is InChI=1S/C27H28ClN7O2S/c1-2-13-8-19-22(23(13)28)24(34-11-17-18(12-34)27(17,30)25(29)36)33-26(32-19)38-16-4-3-14-7-15-10-31-6-5-20(15)35(37)21(14)9-16/h3-4,7,9,17-18,31H,2,5-6,8,10-12,30H2,1H3,(H2,29,36). The second-order valence-corrected chi connectivity index (χ2v) is 12.1. The molecule has 4 heterocycles. The molecular weight excluding hydrogens is 522 g/mol. The number of hydrogen-bond donors (Lipinski definition) is 3. The average molecular weight is 550 g/mol. The minimum Gasteiger partial charge on any atom is -0.618 e. The molecule has 7 rings (SSSR count). The van der Waals surface area contributed by atoms with Crippen molar-refractivity contribution in [1.82, 2.24) is 15.3 Å². The van der Waals surface area contributed by atoms with E-state index >= 15 is 0 Å². The smallest absolute Gasteiger partial charge is 0.238 e. The topological polar surface area (TPSA) is 137 Å². The first kappa shape index (κ1) is 24.1. The zero-order valence-corrected chi connectivity index (χ0v) is 22.5. The fraction of sp³-hybridized carbons (Fsp3) is 0.407. The Kier molecular flexibility index (Phi) is 5.43. The van der Waals surface area contributed by atoms with E-state index in [2.05, 4.69) is 23.2 Å². The van der Waals surface area contributed by atoms with Gasteiger partial charge in [0.25, 0.3) is 0 Å². The highest BCUT2D eigenvalue weighted by molar-refractivity contribution is 7.99. The van der Waals surface area contributed by atoms with Gasteiger partial charge in [-0.15, -0.1) is 0 Å². The van der Waals surface area contributed by atoms with Gasteiger partial charge in [0, 0.05) is 72.8 Å². The molecule has 3 aromatic rings. The van der Waals surface area contributed by atoms with E-state index in [1.165, 1.54) is 11.8 Å². The molecule has 1 saturated heterocycles. The number of allylic oxidation sites excluding steroid dienone is 1. The van der Waals surface area contributed by atoms with Crippen molar-refractivity contribution >= 4 is 51.0 Å². The van der Waals surface area contributed by atoms with E-state index in [9.17, 15) is 10.0 Å². The molecule has 9 nitrogen and oxygen atoms in total. The van der Waals surface area contributed by atoms with Crippen molar-refractivity contribution in [3.05, 3.63) is 57.6 Å². The van der Waals surface area contributed by atoms with E-state index in [0.29, 0.717) is 36.6 Å². The maximum atomic E-state index is 13.2. The summed E-state index contributed by atoms with van der Waals surface area (Å²) in [6.07, 6.45) is 2.24. The Morgan fingerprint density at radius 1 is 1.32 bits per heavy atom. The monoisotopic (exact) mass is 549 g/mol. The zero-order valence-electron chi connectivity index (χ0n) is 21.0. The van der Waals surface area contributed by atoms with Crippen LogP contribution in [0.5, 0.6) is 0 Å². The Labute approximate surface area is 229 Å². The first-order chi connectivity index (χ1) is 18.3. The SMILES string of the molecule is CCC1=C(Cl)c2c(nc(Sc3ccc4cc5c([n+]([O-])c4c3)CCNC5)nc2N2CC3C(C2)C3(N)C(N)=O)C1. The summed E-state index contributed by atoms with van der Waals surface area (Å²) in [5, 5.41) is 18.8. The summed E-state index contributed by atoms with van der Waals surface area (Å²) >= 11 is 8.27. The van der Waals surface area contributed by atoms with E-state index in [1.807, 2.05) is 18.2 Å². The molecule has 0 spiro atoms. The van der Waals surface area contributed by atoms with Crippen molar-refractivity contribution in [2.75, 3.05) is 24.5 Å². The number of carbonyl (C=O) groups excluding carboxylic acids is 1. The number of aromatic nitrogens is 3. The van der Waals surface area contributed by atoms with Crippen LogP contribution < -0.4 is 26.4 Å². The van der Waals surface area contributed by atoms with Gasteiger partial charge in [0.15, 0.2) is 10.9 Å². The number of nitrogens with zero attached hydrogens (tertiary/aromatic N) is 4. The Morgan fingerprint density at radius 2 is 2.11 bits per heavy atom. The summed E-state index contributed by atoms with van der Waals surface area (Å²) in [5.74, 6) is 0.384. The highest BCUT2D eigenvalue weighted by Gasteiger charge is 2.70. The number of benzene rings is 1. The maximum absolute atomic E-state index is 13.2. The first-order valence-corrected chi connectivity index (χ1v) is 14.2. The normalized spacial score (nSPS) is 25.5. The number of pyridine rings is 1. The molecule has 2 aliphatic carbocycles. The molecule has 2 aliphatic heterocycles. The largest absolute Gasteiger partial charge is 0.618 e. The quantitative estimate of drug-likeness (QED) is 0.250. The summed E-state index contributed by atoms with van der Waals surface area (Å²) in [7, 11) is 0. The van der Waals surface area contributed by atoms with Crippen molar-refractivity contribution in [2.45, 2.75) is 48.3 Å². The van der Waals surface area contributed by atoms with Crippen LogP contribution in [0.3, 0.4) is 0 Å². The predicted octanol–water partition coefficient (Wildman–Crippen LogP) is 2.22. The molecule has 38 heavy (non-hydrogen) atoms. The van der Waals surface area contributed by atoms with E-state index in [-0.39, 0.29) is 11.8 Å². The second-order valence-electron chi connectivity index (χ2n) is 10.7. The number of nitrogens with two attached hydrogens (primary N) is 2. The zero-order chi connectivity index (χ0) is 26.3. The van der Waals surface area contributed by atoms with Crippen LogP contribution in [0, 0.1) is 17.0 Å². The van der Waals surface area contributed by atoms with Gasteiger partial charge in [-0.1, -0.05) is 18.5 Å². The number of halogens is 1. The molecule has 5 N–H and O–H groups in total. The van der Waals surface area contributed by atoms with Gasteiger partial charge in [0.05, 0.1) is 16.3 Å². The van der Waals surface area contributed by atoms with Gasteiger partial charge >= 0.3 is 0 Å². The predicted molar refractivity (Wildman–Crippen MR) is 147 cm³/mol. The van der Waals surface area contributed by atoms with Gasteiger partial charge in [-0.05, 0) is 42.0 Å². The minimum absolute atomic E-state index is 0.0191. The molecule has 196 valence electrons. The highest BCUT2D eigenvalue weighted by atomic mass is 35.5. The van der Waals surface area contributed by atoms with Crippen molar-refractivity contribution in [3.8, 4) is 0 Å². The molecule has 2 fully saturated rings. The Hall–Kier alpha value is -2.92. The molecule has 2 atom stereocenters. The number of primary amides is 1. The van der Waals surface area contributed by atoms with Gasteiger partial charge in [0.2, 0.25) is 11.4 Å². The van der Waals surface area contributed by atoms with Crippen LogP contribution in [0.2, 0.25) is 0 Å². The summed E-state index contributed by atoms with van der Waals surface area (Å²) in [5.41, 5.74) is 16.4. The Morgan fingerprint density at radius 3 is 2.84 bits per heavy atom. The molecule has 1 aromatic carbocycles. The molecule has 0 radical (unpaired) electrons. The number of amides is 1. The van der Waals surface area contributed by atoms with Crippen molar-refractivity contribution in [2.24, 2.45) is 23.3 Å². The number of nitrogens with one attached hydrogen (secondary N) is 1. The lowest BCUT2D eigenvalue weighted by atomic mass is 10.0. The number of rotatable bonds is 5. The van der Waals surface area contributed by atoms with E-state index < -0.39 is 11.4 Å². The van der Waals surface area contributed by atoms with Crippen LogP contribution in [0.25, 0.3) is 15.9 Å². The minimum atomic E-state index is -0.924. The second kappa shape index (κ2) is 8.54. The third-order valence-electron chi connectivity index (χ3n) is 8.68. The van der Waals surface area contributed by atoms with Gasteiger partial charge in [-0.3, -0.25) is 4.79 Å². The summed E-state index contributed by atoms with van der Waals surface area (Å²) in [6, 6.07) is 8.03. The Balaban J connectivity index is 1.24. The number of carbonyl (C=O) groups is 1. The van der Waals surface area contributed by atoms with Gasteiger partial charge in [-0.2, -0.15) is 4.73 Å². The van der Waals surface area contributed by atoms with Crippen molar-refractivity contribution in [1.29, 1.82) is 0 Å². The number of hydrogen-bond acceptors (Lipinski definition) is 8. The number of anilines is 1. The van der Waals surface area contributed by atoms with E-state index in [4.69, 9.17) is 33.0 Å². The number of fused-ring (bicyclic) bond motifs is 4. The van der Waals surface area contributed by atoms with Gasteiger partial charge in [0.1, 0.15) is 11.4 Å². The molecule has 11 heteroatoms. The molecule has 1 amide bonds. The van der Waals surface area contributed by atoms with Crippen LogP contribution in [-0.4, -0.2) is 41.0 Å². The first-order valence-electron chi connectivity index (χ1n) is 13.0. The molecule has 2 aromatic heterocycles. The number of piperidine rings is 1. The van der Waals surface area contributed by atoms with Crippen LogP contribution >= 0.6 is 23.4 Å². The molecule has 4 aliphatic rings. The average Bonchev–Trinajstić information content (AvgIpc) is 3.21. The van der Waals surface area contributed by atoms with Crippen LogP contribution in [-0.2, 0) is 24.2 Å². The van der Waals surface area contributed by atoms with Gasteiger partial charge in [-0.25, -0.2) is 9.97 Å². The summed E-state index contributed by atoms with van der Waals surface area (Å²) in [4.78, 5) is 24.8. The van der Waals surface area contributed by atoms with Crippen LogP contribution in [0.4, 0.5) is 5.82 Å². The highest BCUT2D eigenvalue weighted by Crippen LogP contribution is 2.55. The fourth-order valence-electron chi connectivity index (χ4n) is 6.43. The third-order valence-corrected chi connectivity index (χ3v) is 9.99. The molecule has 0 bridgehead atoms. The van der Waals surface area contributed by atoms with Crippen molar-refractivity contribution in [3.63, 3.8) is 0 Å². The maximum Gasteiger partial charge on any atom is 0.238 e.